The van der Waals surface area contributed by atoms with Crippen LogP contribution in [0.2, 0.25) is 0 Å². The molecule has 4 aromatic heterocycles. The summed E-state index contributed by atoms with van der Waals surface area (Å²) in [5, 5.41) is 30.9. The van der Waals surface area contributed by atoms with E-state index < -0.39 is 78.3 Å². The number of phosphoric ester groups is 1. The third-order valence-corrected chi connectivity index (χ3v) is 7.76. The molecule has 0 saturated carbocycles. The van der Waals surface area contributed by atoms with Crippen LogP contribution in [-0.2, 0) is 27.7 Å². The number of hydrogen-bond donors (Lipinski definition) is 8. The Hall–Kier alpha value is -3.53. The number of aromatic nitrogens is 8. The van der Waals surface area contributed by atoms with Crippen LogP contribution in [0.25, 0.3) is 22.3 Å². The van der Waals surface area contributed by atoms with Crippen molar-refractivity contribution in [1.29, 1.82) is 0 Å². The number of aliphatic hydroxyl groups excluding tert-OH is 3. The first-order valence-corrected chi connectivity index (χ1v) is 14.8. The molecule has 3 unspecified atom stereocenters. The lowest BCUT2D eigenvalue weighted by Gasteiger charge is -2.25. The van der Waals surface area contributed by atoms with E-state index in [1.807, 2.05) is 0 Å². The molecule has 0 aromatic carbocycles. The molecule has 2 saturated heterocycles. The highest BCUT2D eigenvalue weighted by Gasteiger charge is 2.49. The molecule has 6 rings (SSSR count). The van der Waals surface area contributed by atoms with Gasteiger partial charge in [-0.2, -0.15) is 4.98 Å². The number of anilines is 2. The Labute approximate surface area is 246 Å². The zero-order valence-corrected chi connectivity index (χ0v) is 24.0. The molecule has 8 atom stereocenters. The van der Waals surface area contributed by atoms with E-state index in [0.29, 0.717) is 11.2 Å². The third-order valence-electron chi connectivity index (χ3n) is 6.78. The van der Waals surface area contributed by atoms with Gasteiger partial charge in [0.25, 0.3) is 5.56 Å². The summed E-state index contributed by atoms with van der Waals surface area (Å²) in [5.41, 5.74) is 11.3. The van der Waals surface area contributed by atoms with Gasteiger partial charge in [-0.3, -0.25) is 28.0 Å². The molecule has 24 heteroatoms. The molecular weight excluding hydrogens is 634 g/mol. The molecule has 0 bridgehead atoms. The summed E-state index contributed by atoms with van der Waals surface area (Å²) in [7, 11) is -5.79. The first kappa shape index (κ1) is 31.9. The highest BCUT2D eigenvalue weighted by molar-refractivity contribution is 7.47. The number of fused-ring (bicyclic) bond motifs is 2. The van der Waals surface area contributed by atoms with Gasteiger partial charge in [-0.1, -0.05) is 0 Å². The quantitative estimate of drug-likeness (QED) is 0.0922. The van der Waals surface area contributed by atoms with Gasteiger partial charge >= 0.3 is 16.5 Å². The minimum Gasteiger partial charge on any atom is -0.394 e. The van der Waals surface area contributed by atoms with Crippen LogP contribution in [0, 0.1) is 0 Å². The molecule has 4 aromatic rings. The number of aromatic amines is 1. The van der Waals surface area contributed by atoms with Crippen molar-refractivity contribution in [3.8, 4) is 0 Å². The number of nitrogens with two attached hydrogens (primary N) is 2. The van der Waals surface area contributed by atoms with E-state index in [4.69, 9.17) is 39.4 Å². The number of rotatable bonds is 8. The normalized spacial score (nSPS) is 28.3. The van der Waals surface area contributed by atoms with Crippen molar-refractivity contribution in [2.24, 2.45) is 0 Å². The number of hydrogen-bond acceptors (Lipinski definition) is 17. The molecule has 2 fully saturated rings. The number of imidazole rings is 2. The van der Waals surface area contributed by atoms with E-state index >= 15 is 0 Å². The maximum Gasteiger partial charge on any atom is 0.472 e. The van der Waals surface area contributed by atoms with E-state index in [-0.39, 0.29) is 29.4 Å². The van der Waals surface area contributed by atoms with Gasteiger partial charge in [0.2, 0.25) is 5.95 Å². The van der Waals surface area contributed by atoms with Gasteiger partial charge in [0.1, 0.15) is 42.5 Å². The number of phosphoric acid groups is 1. The maximum absolute atomic E-state index is 13.0. The van der Waals surface area contributed by atoms with Gasteiger partial charge in [-0.05, 0) is 0 Å². The molecule has 10 N–H and O–H groups in total. The Bertz CT molecular complexity index is 1750. The lowest BCUT2D eigenvalue weighted by atomic mass is 10.1. The maximum atomic E-state index is 13.0. The van der Waals surface area contributed by atoms with Crippen LogP contribution < -0.4 is 17.0 Å². The van der Waals surface area contributed by atoms with Crippen LogP contribution in [0.1, 0.15) is 18.9 Å². The number of ether oxygens (including phenoxy) is 2. The molecule has 44 heavy (non-hydrogen) atoms. The molecule has 6 heterocycles. The summed E-state index contributed by atoms with van der Waals surface area (Å²) in [6.07, 6.45) is -4.79. The zero-order valence-electron chi connectivity index (χ0n) is 22.2. The fourth-order valence-corrected chi connectivity index (χ4v) is 5.74. The van der Waals surface area contributed by atoms with Crippen LogP contribution in [-0.4, -0.2) is 108 Å². The van der Waals surface area contributed by atoms with E-state index in [1.54, 1.807) is 4.57 Å². The van der Waals surface area contributed by atoms with Crippen molar-refractivity contribution in [1.82, 2.24) is 39.0 Å². The Morgan fingerprint density at radius 1 is 1.09 bits per heavy atom. The summed E-state index contributed by atoms with van der Waals surface area (Å²) >= 11 is 0. The van der Waals surface area contributed by atoms with Crippen molar-refractivity contribution in [3.63, 3.8) is 0 Å². The van der Waals surface area contributed by atoms with E-state index in [9.17, 15) is 29.6 Å². The molecule has 0 amide bonds. The molecule has 2 aliphatic rings. The predicted molar refractivity (Wildman–Crippen MR) is 144 cm³/mol. The summed E-state index contributed by atoms with van der Waals surface area (Å²) in [4.78, 5) is 52.1. The second kappa shape index (κ2) is 12.8. The number of H-pyrrole nitrogens is 1. The summed E-state index contributed by atoms with van der Waals surface area (Å²) in [6, 6.07) is 0. The second-order valence-corrected chi connectivity index (χ2v) is 11.0. The lowest BCUT2D eigenvalue weighted by molar-refractivity contribution is -0.0593. The number of aliphatic hydroxyl groups is 3. The van der Waals surface area contributed by atoms with Gasteiger partial charge in [0.15, 0.2) is 28.9 Å². The molecule has 2 aliphatic heterocycles. The Balaban J connectivity index is 0.00000123. The minimum atomic E-state index is -4.95. The summed E-state index contributed by atoms with van der Waals surface area (Å²) in [5.74, 6) is -0.0664. The van der Waals surface area contributed by atoms with Gasteiger partial charge < -0.3 is 46.0 Å². The van der Waals surface area contributed by atoms with Crippen molar-refractivity contribution < 1.29 is 52.8 Å². The average molecular weight is 660 g/mol. The van der Waals surface area contributed by atoms with Crippen LogP contribution in [0.5, 0.6) is 0 Å². The van der Waals surface area contributed by atoms with Crippen LogP contribution in [0.4, 0.5) is 11.8 Å². The smallest absolute Gasteiger partial charge is 0.394 e. The topological polar surface area (TPSA) is 331 Å². The van der Waals surface area contributed by atoms with Crippen molar-refractivity contribution in [3.05, 3.63) is 29.3 Å². The van der Waals surface area contributed by atoms with Crippen LogP contribution >= 0.6 is 16.5 Å². The standard InChI is InChI=1S/C20H25N10O10P.HO2P/c21-15-11-16(24-4-23-15)29(5-25-11)10-1-7(32)9(38-10)3-37-41(35,36)40-14-13(33)8(2-31)39-19(14)30-6-26-12-17(30)27-20(22)28-18(12)34;1-3-2/h4-10,13-14,19,31-33H,1-3H2,(H,35,36)(H2,21,23,24)(H3,22,27,28,34);(H,1,2)/t7?,8-,9-,10-,13?,14+,19-;/m1./s1. The molecule has 0 radical (unpaired) electrons. The predicted octanol–water partition coefficient (Wildman–Crippen LogP) is -2.29. The molecule has 0 spiro atoms. The zero-order chi connectivity index (χ0) is 31.8. The van der Waals surface area contributed by atoms with E-state index in [0.717, 1.165) is 6.33 Å². The van der Waals surface area contributed by atoms with Crippen LogP contribution in [0.15, 0.2) is 23.8 Å². The molecule has 22 nitrogen and oxygen atoms in total. The van der Waals surface area contributed by atoms with E-state index in [2.05, 4.69) is 29.9 Å². The number of nitrogens with one attached hydrogen (secondary N) is 1. The van der Waals surface area contributed by atoms with Crippen molar-refractivity contribution in [2.75, 3.05) is 24.7 Å². The number of nitrogen functional groups attached to an aromatic ring is 2. The van der Waals surface area contributed by atoms with Gasteiger partial charge in [0, 0.05) is 6.42 Å². The second-order valence-electron chi connectivity index (χ2n) is 9.44. The lowest BCUT2D eigenvalue weighted by Crippen LogP contribution is -2.35. The van der Waals surface area contributed by atoms with Gasteiger partial charge in [0.05, 0.1) is 32.0 Å². The van der Waals surface area contributed by atoms with Crippen molar-refractivity contribution in [2.45, 2.75) is 49.4 Å². The summed E-state index contributed by atoms with van der Waals surface area (Å²) < 4.78 is 46.0. The summed E-state index contributed by atoms with van der Waals surface area (Å²) in [6.45, 7) is -1.24. The minimum absolute atomic E-state index is 0.0584. The molecule has 238 valence electrons. The Morgan fingerprint density at radius 2 is 1.80 bits per heavy atom. The SMILES string of the molecule is Nc1nc2c(ncn2[C@@H]2O[C@H](CO)C(O)[C@@H]2OP(=O)(O)OC[C@H]2O[C@@H](n3cnc4c(N)ncnc43)CC2O)c(=O)[nH]1.O=PO. The largest absolute Gasteiger partial charge is 0.472 e. The Morgan fingerprint density at radius 3 is 2.52 bits per heavy atom. The first-order valence-electron chi connectivity index (χ1n) is 12.5. The number of nitrogens with zero attached hydrogens (tertiary/aromatic N) is 7. The fourth-order valence-electron chi connectivity index (χ4n) is 4.80. The highest BCUT2D eigenvalue weighted by atomic mass is 31.2. The Kier molecular flexibility index (Phi) is 9.30. The average Bonchev–Trinajstić information content (AvgIpc) is 3.74. The fraction of sp³-hybridized carbons (Fsp3) is 0.500. The van der Waals surface area contributed by atoms with E-state index in [1.165, 1.54) is 17.2 Å². The first-order chi connectivity index (χ1) is 21.0. The van der Waals surface area contributed by atoms with Gasteiger partial charge in [-0.25, -0.2) is 29.1 Å². The van der Waals surface area contributed by atoms with Crippen LogP contribution in [0.3, 0.4) is 0 Å². The third kappa shape index (κ3) is 6.18. The molecule has 0 aliphatic carbocycles. The monoisotopic (exact) mass is 660 g/mol. The van der Waals surface area contributed by atoms with Gasteiger partial charge in [-0.15, -0.1) is 0 Å². The van der Waals surface area contributed by atoms with Crippen molar-refractivity contribution >= 4 is 50.6 Å². The molecular formula is C20H26N10O12P2. The highest BCUT2D eigenvalue weighted by Crippen LogP contribution is 2.50.